The summed E-state index contributed by atoms with van der Waals surface area (Å²) < 4.78 is 14.0. The molecule has 1 fully saturated rings. The number of benzene rings is 1. The summed E-state index contributed by atoms with van der Waals surface area (Å²) in [4.78, 5) is 39.1. The Balaban J connectivity index is 2.13. The van der Waals surface area contributed by atoms with Crippen LogP contribution in [0.4, 0.5) is 4.39 Å². The maximum atomic E-state index is 14.0. The Morgan fingerprint density at radius 2 is 1.79 bits per heavy atom. The van der Waals surface area contributed by atoms with Crippen LogP contribution in [-0.2, 0) is 9.59 Å². The Morgan fingerprint density at radius 1 is 1.14 bits per heavy atom. The van der Waals surface area contributed by atoms with E-state index < -0.39 is 17.8 Å². The van der Waals surface area contributed by atoms with Crippen LogP contribution in [0.5, 0.6) is 0 Å². The molecule has 1 aromatic carbocycles. The second-order valence-corrected chi connectivity index (χ2v) is 7.32. The van der Waals surface area contributed by atoms with E-state index in [2.05, 4.69) is 10.6 Å². The lowest BCUT2D eigenvalue weighted by Crippen LogP contribution is -2.55. The van der Waals surface area contributed by atoms with Crippen molar-refractivity contribution in [3.63, 3.8) is 0 Å². The van der Waals surface area contributed by atoms with Crippen molar-refractivity contribution < 1.29 is 18.8 Å². The standard InChI is InChI=1S/C21H30FN3O3/c1-4-14(3)23-21(28)19(15-10-12-25(13-11-15)18(26)5-2)24-20(27)16-8-6-7-9-17(16)22/h6-9,14-15,19H,4-5,10-13H2,1-3H3,(H,23,28)(H,24,27). The van der Waals surface area contributed by atoms with Gasteiger partial charge >= 0.3 is 0 Å². The zero-order valence-corrected chi connectivity index (χ0v) is 16.8. The molecule has 28 heavy (non-hydrogen) atoms. The van der Waals surface area contributed by atoms with Crippen LogP contribution < -0.4 is 10.6 Å². The fraction of sp³-hybridized carbons (Fsp3) is 0.571. The third-order valence-corrected chi connectivity index (χ3v) is 5.35. The molecule has 0 saturated carbocycles. The van der Waals surface area contributed by atoms with Gasteiger partial charge in [0.1, 0.15) is 11.9 Å². The summed E-state index contributed by atoms with van der Waals surface area (Å²) in [5, 5.41) is 5.65. The molecule has 6 nitrogen and oxygen atoms in total. The minimum absolute atomic E-state index is 0.0258. The quantitative estimate of drug-likeness (QED) is 0.750. The lowest BCUT2D eigenvalue weighted by Gasteiger charge is -2.36. The van der Waals surface area contributed by atoms with Gasteiger partial charge in [-0.2, -0.15) is 0 Å². The molecular formula is C21H30FN3O3. The number of carbonyl (C=O) groups is 3. The van der Waals surface area contributed by atoms with Gasteiger partial charge in [-0.05, 0) is 44.2 Å². The number of halogens is 1. The molecule has 1 aliphatic rings. The van der Waals surface area contributed by atoms with Crippen molar-refractivity contribution in [1.82, 2.24) is 15.5 Å². The third-order valence-electron chi connectivity index (χ3n) is 5.35. The van der Waals surface area contributed by atoms with E-state index in [9.17, 15) is 18.8 Å². The van der Waals surface area contributed by atoms with Crippen LogP contribution in [0.2, 0.25) is 0 Å². The maximum Gasteiger partial charge on any atom is 0.254 e. The Bertz CT molecular complexity index is 702. The fourth-order valence-corrected chi connectivity index (χ4v) is 3.40. The Hall–Kier alpha value is -2.44. The van der Waals surface area contributed by atoms with Crippen LogP contribution in [0.25, 0.3) is 0 Å². The average molecular weight is 391 g/mol. The second-order valence-electron chi connectivity index (χ2n) is 7.32. The Kier molecular flexibility index (Phi) is 7.96. The minimum Gasteiger partial charge on any atom is -0.352 e. The molecule has 0 aliphatic carbocycles. The first-order chi connectivity index (χ1) is 13.4. The van der Waals surface area contributed by atoms with E-state index in [1.165, 1.54) is 18.2 Å². The highest BCUT2D eigenvalue weighted by Gasteiger charge is 2.34. The van der Waals surface area contributed by atoms with Crippen molar-refractivity contribution in [2.75, 3.05) is 13.1 Å². The highest BCUT2D eigenvalue weighted by molar-refractivity contribution is 5.97. The van der Waals surface area contributed by atoms with E-state index >= 15 is 0 Å². The predicted octanol–water partition coefficient (Wildman–Crippen LogP) is 2.49. The van der Waals surface area contributed by atoms with Crippen molar-refractivity contribution >= 4 is 17.7 Å². The largest absolute Gasteiger partial charge is 0.352 e. The van der Waals surface area contributed by atoms with Crippen LogP contribution >= 0.6 is 0 Å². The molecule has 3 amide bonds. The van der Waals surface area contributed by atoms with Crippen LogP contribution in [0.15, 0.2) is 24.3 Å². The van der Waals surface area contributed by atoms with E-state index in [0.29, 0.717) is 32.4 Å². The van der Waals surface area contributed by atoms with Crippen LogP contribution in [-0.4, -0.2) is 47.8 Å². The van der Waals surface area contributed by atoms with Crippen molar-refractivity contribution in [1.29, 1.82) is 0 Å². The van der Waals surface area contributed by atoms with Crippen LogP contribution in [0, 0.1) is 11.7 Å². The molecule has 0 aromatic heterocycles. The molecule has 0 radical (unpaired) electrons. The van der Waals surface area contributed by atoms with Crippen molar-refractivity contribution in [2.45, 2.75) is 58.5 Å². The number of nitrogens with zero attached hydrogens (tertiary/aromatic N) is 1. The normalized spacial score (nSPS) is 16.9. The summed E-state index contributed by atoms with van der Waals surface area (Å²) in [6.45, 7) is 6.80. The number of nitrogens with one attached hydrogen (secondary N) is 2. The first-order valence-corrected chi connectivity index (χ1v) is 10.0. The second kappa shape index (κ2) is 10.2. The van der Waals surface area contributed by atoms with E-state index in [1.807, 2.05) is 20.8 Å². The summed E-state index contributed by atoms with van der Waals surface area (Å²) in [5.74, 6) is -1.51. The van der Waals surface area contributed by atoms with Crippen molar-refractivity contribution in [3.05, 3.63) is 35.6 Å². The number of carbonyl (C=O) groups excluding carboxylic acids is 3. The minimum atomic E-state index is -0.764. The van der Waals surface area contributed by atoms with Gasteiger partial charge in [0.05, 0.1) is 5.56 Å². The van der Waals surface area contributed by atoms with Gasteiger partial charge in [-0.1, -0.05) is 26.0 Å². The van der Waals surface area contributed by atoms with E-state index in [-0.39, 0.29) is 29.3 Å². The molecule has 2 atom stereocenters. The van der Waals surface area contributed by atoms with Crippen LogP contribution in [0.1, 0.15) is 56.8 Å². The smallest absolute Gasteiger partial charge is 0.254 e. The Morgan fingerprint density at radius 3 is 2.36 bits per heavy atom. The molecule has 1 aromatic rings. The fourth-order valence-electron chi connectivity index (χ4n) is 3.40. The van der Waals surface area contributed by atoms with Gasteiger partial charge in [0.15, 0.2) is 0 Å². The van der Waals surface area contributed by atoms with Gasteiger partial charge in [-0.3, -0.25) is 14.4 Å². The first-order valence-electron chi connectivity index (χ1n) is 10.0. The number of hydrogen-bond donors (Lipinski definition) is 2. The lowest BCUT2D eigenvalue weighted by atomic mass is 9.88. The molecule has 154 valence electrons. The number of likely N-dealkylation sites (tertiary alicyclic amines) is 1. The van der Waals surface area contributed by atoms with Crippen molar-refractivity contribution in [2.24, 2.45) is 5.92 Å². The van der Waals surface area contributed by atoms with Gasteiger partial charge in [0.2, 0.25) is 11.8 Å². The zero-order chi connectivity index (χ0) is 20.7. The number of rotatable bonds is 7. The SMILES string of the molecule is CCC(=O)N1CCC(C(NC(=O)c2ccccc2F)C(=O)NC(C)CC)CC1. The monoisotopic (exact) mass is 391 g/mol. The van der Waals surface area contributed by atoms with Gasteiger partial charge in [0, 0.05) is 25.6 Å². The third kappa shape index (κ3) is 5.53. The first kappa shape index (κ1) is 21.9. The average Bonchev–Trinajstić information content (AvgIpc) is 2.71. The predicted molar refractivity (Wildman–Crippen MR) is 105 cm³/mol. The summed E-state index contributed by atoms with van der Waals surface area (Å²) >= 11 is 0. The number of amides is 3. The van der Waals surface area contributed by atoms with Gasteiger partial charge < -0.3 is 15.5 Å². The number of hydrogen-bond acceptors (Lipinski definition) is 3. The highest BCUT2D eigenvalue weighted by atomic mass is 19.1. The molecule has 0 bridgehead atoms. The molecule has 0 spiro atoms. The molecule has 7 heteroatoms. The molecule has 2 N–H and O–H groups in total. The number of piperidine rings is 1. The molecule has 1 saturated heterocycles. The van der Waals surface area contributed by atoms with Crippen molar-refractivity contribution in [3.8, 4) is 0 Å². The van der Waals surface area contributed by atoms with Crippen LogP contribution in [0.3, 0.4) is 0 Å². The van der Waals surface area contributed by atoms with Gasteiger partial charge in [0.25, 0.3) is 5.91 Å². The summed E-state index contributed by atoms with van der Waals surface area (Å²) in [6.07, 6.45) is 2.44. The molecule has 1 aliphatic heterocycles. The van der Waals surface area contributed by atoms with E-state index in [1.54, 1.807) is 11.0 Å². The molecule has 1 heterocycles. The topological polar surface area (TPSA) is 78.5 Å². The van der Waals surface area contributed by atoms with Gasteiger partial charge in [-0.15, -0.1) is 0 Å². The molecule has 2 rings (SSSR count). The van der Waals surface area contributed by atoms with E-state index in [0.717, 1.165) is 6.42 Å². The maximum absolute atomic E-state index is 14.0. The Labute approximate surface area is 165 Å². The van der Waals surface area contributed by atoms with Gasteiger partial charge in [-0.25, -0.2) is 4.39 Å². The van der Waals surface area contributed by atoms with E-state index in [4.69, 9.17) is 0 Å². The zero-order valence-electron chi connectivity index (χ0n) is 16.8. The molecular weight excluding hydrogens is 361 g/mol. The summed E-state index contributed by atoms with van der Waals surface area (Å²) in [6, 6.07) is 4.93. The summed E-state index contributed by atoms with van der Waals surface area (Å²) in [7, 11) is 0. The summed E-state index contributed by atoms with van der Waals surface area (Å²) in [5.41, 5.74) is -0.0811. The molecule has 2 unspecified atom stereocenters. The lowest BCUT2D eigenvalue weighted by molar-refractivity contribution is -0.132. The highest BCUT2D eigenvalue weighted by Crippen LogP contribution is 2.22.